The molecule has 13 aromatic rings. The number of anilines is 3. The van der Waals surface area contributed by atoms with Gasteiger partial charge in [-0.3, -0.25) is 0 Å². The maximum absolute atomic E-state index is 5.17. The van der Waals surface area contributed by atoms with Crippen molar-refractivity contribution in [1.29, 1.82) is 0 Å². The summed E-state index contributed by atoms with van der Waals surface area (Å²) < 4.78 is 2.42. The topological polar surface area (TPSA) is 34.0 Å². The van der Waals surface area contributed by atoms with Crippen LogP contribution < -0.4 is 4.90 Å². The van der Waals surface area contributed by atoms with E-state index in [0.717, 1.165) is 67.3 Å². The molecule has 0 bridgehead atoms. The monoisotopic (exact) mass is 866 g/mol. The average molecular weight is 867 g/mol. The lowest BCUT2D eigenvalue weighted by Crippen LogP contribution is -2.10. The second-order valence-electron chi connectivity index (χ2n) is 17.4. The molecule has 0 saturated heterocycles. The van der Waals surface area contributed by atoms with E-state index in [1.807, 2.05) is 30.3 Å². The molecular formula is C64H42N4. The molecule has 0 aliphatic rings. The number of benzene rings is 11. The minimum atomic E-state index is 0.858. The van der Waals surface area contributed by atoms with E-state index in [-0.39, 0.29) is 0 Å². The van der Waals surface area contributed by atoms with Gasteiger partial charge in [0.25, 0.3) is 0 Å². The van der Waals surface area contributed by atoms with Gasteiger partial charge in [-0.05, 0) is 141 Å². The molecule has 0 spiro atoms. The maximum Gasteiger partial charge on any atom is 0.0973 e. The summed E-state index contributed by atoms with van der Waals surface area (Å²) >= 11 is 0. The number of hydrogen-bond donors (Lipinski definition) is 0. The first-order chi connectivity index (χ1) is 33.7. The van der Waals surface area contributed by atoms with Gasteiger partial charge in [0.05, 0.1) is 33.5 Å². The Hall–Kier alpha value is -9.12. The van der Waals surface area contributed by atoms with Crippen LogP contribution in [0.15, 0.2) is 255 Å². The summed E-state index contributed by atoms with van der Waals surface area (Å²) in [4.78, 5) is 12.6. The Balaban J connectivity index is 0.915. The van der Waals surface area contributed by atoms with Crippen molar-refractivity contribution in [3.63, 3.8) is 0 Å². The Kier molecular flexibility index (Phi) is 9.47. The van der Waals surface area contributed by atoms with Gasteiger partial charge in [-0.1, -0.05) is 158 Å². The van der Waals surface area contributed by atoms with Crippen LogP contribution in [0.1, 0.15) is 0 Å². The van der Waals surface area contributed by atoms with E-state index in [9.17, 15) is 0 Å². The van der Waals surface area contributed by atoms with E-state index >= 15 is 0 Å². The average Bonchev–Trinajstić information content (AvgIpc) is 3.74. The minimum Gasteiger partial charge on any atom is -0.311 e. The molecule has 0 aliphatic carbocycles. The Morgan fingerprint density at radius 3 is 1.19 bits per heavy atom. The first-order valence-electron chi connectivity index (χ1n) is 23.1. The van der Waals surface area contributed by atoms with Crippen LogP contribution in [0.3, 0.4) is 0 Å². The lowest BCUT2D eigenvalue weighted by atomic mass is 9.98. The van der Waals surface area contributed by atoms with Crippen molar-refractivity contribution < 1.29 is 0 Å². The van der Waals surface area contributed by atoms with Crippen LogP contribution in [-0.4, -0.2) is 14.5 Å². The van der Waals surface area contributed by atoms with Crippen molar-refractivity contribution in [2.24, 2.45) is 0 Å². The quantitative estimate of drug-likeness (QED) is 0.153. The van der Waals surface area contributed by atoms with E-state index in [1.54, 1.807) is 0 Å². The highest BCUT2D eigenvalue weighted by Gasteiger charge is 2.19. The van der Waals surface area contributed by atoms with Crippen molar-refractivity contribution in [3.8, 4) is 50.5 Å². The third-order valence-electron chi connectivity index (χ3n) is 13.3. The fourth-order valence-electron chi connectivity index (χ4n) is 9.94. The van der Waals surface area contributed by atoms with Crippen LogP contribution in [-0.2, 0) is 0 Å². The number of fused-ring (bicyclic) bond motifs is 6. The zero-order valence-corrected chi connectivity index (χ0v) is 37.0. The lowest BCUT2D eigenvalue weighted by Gasteiger charge is -2.26. The maximum atomic E-state index is 5.17. The van der Waals surface area contributed by atoms with Gasteiger partial charge in [0.1, 0.15) is 0 Å². The van der Waals surface area contributed by atoms with E-state index in [4.69, 9.17) is 9.97 Å². The fraction of sp³-hybridized carbons (Fsp3) is 0. The van der Waals surface area contributed by atoms with E-state index in [1.165, 1.54) is 54.6 Å². The number of hydrogen-bond acceptors (Lipinski definition) is 3. The molecule has 0 fully saturated rings. The summed E-state index contributed by atoms with van der Waals surface area (Å²) in [6.45, 7) is 0. The van der Waals surface area contributed by atoms with Gasteiger partial charge in [-0.25, -0.2) is 9.97 Å². The Morgan fingerprint density at radius 2 is 0.662 bits per heavy atom. The molecule has 2 aromatic heterocycles. The number of aromatic nitrogens is 3. The Labute approximate surface area is 394 Å². The van der Waals surface area contributed by atoms with E-state index in [2.05, 4.69) is 234 Å². The smallest absolute Gasteiger partial charge is 0.0973 e. The van der Waals surface area contributed by atoms with Gasteiger partial charge >= 0.3 is 0 Å². The molecule has 0 unspecified atom stereocenters. The normalized spacial score (nSPS) is 11.5. The van der Waals surface area contributed by atoms with Crippen LogP contribution in [0.2, 0.25) is 0 Å². The number of rotatable bonds is 8. The lowest BCUT2D eigenvalue weighted by molar-refractivity contribution is 1.17. The first kappa shape index (κ1) is 39.3. The summed E-state index contributed by atoms with van der Waals surface area (Å²) in [5.41, 5.74) is 16.9. The van der Waals surface area contributed by atoms with Crippen molar-refractivity contribution in [1.82, 2.24) is 14.5 Å². The molecule has 4 nitrogen and oxygen atoms in total. The van der Waals surface area contributed by atoms with Crippen LogP contribution in [0, 0.1) is 0 Å². The standard InChI is InChI=1S/C64H42N4/c1-3-15-45(16-4-1)63-64(66-60-22-12-11-21-59(60)65-63)46-27-31-54(32-28-46)67(53-19-5-2-6-20-53)55-33-35-56(36-34-55)68-61-37-29-51(49-25-23-43-13-7-9-17-47(43)39-49)41-57(61)58-42-52(30-38-62(58)68)50-26-24-44-14-8-10-18-48(44)40-50/h1-42H. The van der Waals surface area contributed by atoms with Crippen LogP contribution in [0.4, 0.5) is 17.1 Å². The largest absolute Gasteiger partial charge is 0.311 e. The Bertz CT molecular complexity index is 3870. The number of nitrogens with zero attached hydrogens (tertiary/aromatic N) is 4. The molecule has 0 aliphatic heterocycles. The molecule has 0 radical (unpaired) electrons. The van der Waals surface area contributed by atoms with E-state index in [0.29, 0.717) is 0 Å². The second-order valence-corrected chi connectivity index (χ2v) is 17.4. The summed E-state index contributed by atoms with van der Waals surface area (Å²) in [6, 6.07) is 91.3. The molecule has 13 rings (SSSR count). The fourth-order valence-corrected chi connectivity index (χ4v) is 9.94. The number of para-hydroxylation sites is 3. The van der Waals surface area contributed by atoms with Gasteiger partial charge in [0.2, 0.25) is 0 Å². The molecule has 4 heteroatoms. The molecule has 0 amide bonds. The van der Waals surface area contributed by atoms with Crippen LogP contribution >= 0.6 is 0 Å². The SMILES string of the molecule is c1ccc(-c2nc3ccccc3nc2-c2ccc(N(c3ccccc3)c3ccc(-n4c5ccc(-c6ccc7ccccc7c6)cc5c5cc(-c6ccc7ccccc7c6)ccc54)cc3)cc2)cc1. The molecule has 0 atom stereocenters. The highest BCUT2D eigenvalue weighted by atomic mass is 15.1. The highest BCUT2D eigenvalue weighted by molar-refractivity contribution is 6.12. The van der Waals surface area contributed by atoms with Gasteiger partial charge in [0, 0.05) is 44.6 Å². The first-order valence-corrected chi connectivity index (χ1v) is 23.1. The van der Waals surface area contributed by atoms with Crippen molar-refractivity contribution in [2.45, 2.75) is 0 Å². The predicted molar refractivity (Wildman–Crippen MR) is 285 cm³/mol. The van der Waals surface area contributed by atoms with Gasteiger partial charge < -0.3 is 9.47 Å². The van der Waals surface area contributed by atoms with Crippen LogP contribution in [0.5, 0.6) is 0 Å². The van der Waals surface area contributed by atoms with Gasteiger partial charge in [-0.15, -0.1) is 0 Å². The van der Waals surface area contributed by atoms with Gasteiger partial charge in [-0.2, -0.15) is 0 Å². The van der Waals surface area contributed by atoms with Gasteiger partial charge in [0.15, 0.2) is 0 Å². The predicted octanol–water partition coefficient (Wildman–Crippen LogP) is 17.2. The zero-order chi connectivity index (χ0) is 45.0. The van der Waals surface area contributed by atoms with Crippen LogP contribution in [0.25, 0.3) is 105 Å². The second kappa shape index (κ2) is 16.4. The molecule has 11 aromatic carbocycles. The zero-order valence-electron chi connectivity index (χ0n) is 37.0. The third kappa shape index (κ3) is 6.95. The molecule has 318 valence electrons. The molecule has 0 saturated carbocycles. The highest BCUT2D eigenvalue weighted by Crippen LogP contribution is 2.41. The van der Waals surface area contributed by atoms with E-state index < -0.39 is 0 Å². The Morgan fingerprint density at radius 1 is 0.279 bits per heavy atom. The summed E-state index contributed by atoms with van der Waals surface area (Å²) in [6.07, 6.45) is 0. The molecular weight excluding hydrogens is 825 g/mol. The minimum absolute atomic E-state index is 0.858. The van der Waals surface area contributed by atoms with Crippen molar-refractivity contribution in [3.05, 3.63) is 255 Å². The molecule has 68 heavy (non-hydrogen) atoms. The third-order valence-corrected chi connectivity index (χ3v) is 13.3. The van der Waals surface area contributed by atoms with Crippen molar-refractivity contribution in [2.75, 3.05) is 4.90 Å². The van der Waals surface area contributed by atoms with Crippen molar-refractivity contribution >= 4 is 71.4 Å². The summed E-state index contributed by atoms with van der Waals surface area (Å²) in [5.74, 6) is 0. The summed E-state index contributed by atoms with van der Waals surface area (Å²) in [5, 5.41) is 7.40. The molecule has 2 heterocycles. The molecule has 0 N–H and O–H groups in total. The summed E-state index contributed by atoms with van der Waals surface area (Å²) in [7, 11) is 0.